The first-order valence-electron chi connectivity index (χ1n) is 10.4. The van der Waals surface area contributed by atoms with Gasteiger partial charge in [0.25, 0.3) is 0 Å². The standard InChI is InChI=1S/C22H32O5/c1-12-8-14-15-5-7-22(27,19(26)11-23)20(15,2)6-4-16(14)21(3)17(12)9-13(24)10-18(21)25/h9,12,14-16,18,23,25,27H,4-8,10-11H2,1-3H3/t12-,14-,15-,16-,18?,20-,21+,22-/m0/s1. The molecule has 3 N–H and O–H groups in total. The van der Waals surface area contributed by atoms with E-state index in [1.807, 2.05) is 6.92 Å². The van der Waals surface area contributed by atoms with E-state index in [4.69, 9.17) is 0 Å². The molecule has 0 radical (unpaired) electrons. The maximum Gasteiger partial charge on any atom is 0.190 e. The van der Waals surface area contributed by atoms with Gasteiger partial charge in [-0.15, -0.1) is 0 Å². The lowest BCUT2D eigenvalue weighted by molar-refractivity contribution is -0.169. The number of hydrogen-bond acceptors (Lipinski definition) is 5. The Kier molecular flexibility index (Phi) is 4.27. The minimum absolute atomic E-state index is 0.0182. The van der Waals surface area contributed by atoms with Gasteiger partial charge >= 0.3 is 0 Å². The minimum Gasteiger partial charge on any atom is -0.392 e. The summed E-state index contributed by atoms with van der Waals surface area (Å²) >= 11 is 0. The average Bonchev–Trinajstić information content (AvgIpc) is 2.89. The van der Waals surface area contributed by atoms with Crippen molar-refractivity contribution in [3.63, 3.8) is 0 Å². The molecule has 4 rings (SSSR count). The van der Waals surface area contributed by atoms with Crippen molar-refractivity contribution in [2.45, 2.75) is 71.0 Å². The monoisotopic (exact) mass is 376 g/mol. The summed E-state index contributed by atoms with van der Waals surface area (Å²) in [6.07, 6.45) is 4.94. The summed E-state index contributed by atoms with van der Waals surface area (Å²) in [7, 11) is 0. The van der Waals surface area contributed by atoms with Gasteiger partial charge in [-0.1, -0.05) is 26.3 Å². The van der Waals surface area contributed by atoms with Gasteiger partial charge in [-0.3, -0.25) is 9.59 Å². The molecular formula is C22H32O5. The van der Waals surface area contributed by atoms with Gasteiger partial charge < -0.3 is 15.3 Å². The number of fused-ring (bicyclic) bond motifs is 5. The lowest BCUT2D eigenvalue weighted by Gasteiger charge is -2.61. The smallest absolute Gasteiger partial charge is 0.190 e. The van der Waals surface area contributed by atoms with Crippen LogP contribution in [0.4, 0.5) is 0 Å². The molecule has 0 aromatic rings. The van der Waals surface area contributed by atoms with Crippen molar-refractivity contribution in [2.24, 2.45) is 34.5 Å². The molecule has 0 bridgehead atoms. The average molecular weight is 376 g/mol. The molecule has 8 atom stereocenters. The van der Waals surface area contributed by atoms with Crippen LogP contribution >= 0.6 is 0 Å². The second-order valence-corrected chi connectivity index (χ2v) is 10.0. The maximum atomic E-state index is 12.4. The van der Waals surface area contributed by atoms with Gasteiger partial charge in [-0.25, -0.2) is 0 Å². The van der Waals surface area contributed by atoms with E-state index in [9.17, 15) is 24.9 Å². The third kappa shape index (κ3) is 2.28. The molecule has 0 amide bonds. The van der Waals surface area contributed by atoms with Crippen molar-refractivity contribution in [2.75, 3.05) is 6.61 Å². The third-order valence-corrected chi connectivity index (χ3v) is 9.15. The molecule has 5 nitrogen and oxygen atoms in total. The molecule has 3 saturated carbocycles. The van der Waals surface area contributed by atoms with Crippen LogP contribution in [0.3, 0.4) is 0 Å². The number of aliphatic hydroxyl groups excluding tert-OH is 2. The second-order valence-electron chi connectivity index (χ2n) is 10.0. The first kappa shape index (κ1) is 19.3. The summed E-state index contributed by atoms with van der Waals surface area (Å²) < 4.78 is 0. The van der Waals surface area contributed by atoms with Crippen molar-refractivity contribution in [1.29, 1.82) is 0 Å². The first-order chi connectivity index (χ1) is 12.6. The van der Waals surface area contributed by atoms with Crippen LogP contribution in [-0.4, -0.2) is 45.2 Å². The van der Waals surface area contributed by atoms with Gasteiger partial charge in [0.2, 0.25) is 0 Å². The van der Waals surface area contributed by atoms with Crippen LogP contribution in [0.25, 0.3) is 0 Å². The van der Waals surface area contributed by atoms with Crippen LogP contribution in [0, 0.1) is 34.5 Å². The van der Waals surface area contributed by atoms with E-state index in [0.29, 0.717) is 18.8 Å². The fraction of sp³-hybridized carbons (Fsp3) is 0.818. The number of carbonyl (C=O) groups is 2. The molecule has 0 spiro atoms. The van der Waals surface area contributed by atoms with E-state index in [0.717, 1.165) is 24.8 Å². The Morgan fingerprint density at radius 2 is 1.89 bits per heavy atom. The highest BCUT2D eigenvalue weighted by Crippen LogP contribution is 2.68. The van der Waals surface area contributed by atoms with E-state index in [-0.39, 0.29) is 30.0 Å². The number of carbonyl (C=O) groups excluding carboxylic acids is 2. The normalized spacial score (nSPS) is 51.9. The molecule has 0 aromatic carbocycles. The fourth-order valence-corrected chi connectivity index (χ4v) is 7.62. The molecule has 0 heterocycles. The molecule has 150 valence electrons. The third-order valence-electron chi connectivity index (χ3n) is 9.15. The van der Waals surface area contributed by atoms with E-state index in [1.54, 1.807) is 6.08 Å². The highest BCUT2D eigenvalue weighted by atomic mass is 16.3. The van der Waals surface area contributed by atoms with Crippen LogP contribution in [0.5, 0.6) is 0 Å². The molecule has 27 heavy (non-hydrogen) atoms. The number of aliphatic hydroxyl groups is 3. The Labute approximate surface area is 160 Å². The number of hydrogen-bond donors (Lipinski definition) is 3. The maximum absolute atomic E-state index is 12.4. The van der Waals surface area contributed by atoms with Gasteiger partial charge in [0.05, 0.1) is 6.10 Å². The fourth-order valence-electron chi connectivity index (χ4n) is 7.62. The Balaban J connectivity index is 1.74. The van der Waals surface area contributed by atoms with Gasteiger partial charge in [0.1, 0.15) is 12.2 Å². The number of rotatable bonds is 2. The summed E-state index contributed by atoms with van der Waals surface area (Å²) in [6, 6.07) is 0. The number of Topliss-reactive ketones (excluding diaryl/α,β-unsaturated/α-hetero) is 1. The SMILES string of the molecule is C[C@H]1C[C@H]2[C@@H]3CC[C@](O)(C(=O)CO)[C@@]3(C)CC[C@@H]2[C@]2(C)C1=CC(=O)CC2O. The highest BCUT2D eigenvalue weighted by Gasteiger charge is 2.67. The number of ketones is 2. The molecule has 5 heteroatoms. The zero-order valence-electron chi connectivity index (χ0n) is 16.6. The van der Waals surface area contributed by atoms with Crippen molar-refractivity contribution in [1.82, 2.24) is 0 Å². The summed E-state index contributed by atoms with van der Waals surface area (Å²) in [5.41, 5.74) is -1.28. The van der Waals surface area contributed by atoms with Crippen LogP contribution in [0.15, 0.2) is 11.6 Å². The summed E-state index contributed by atoms with van der Waals surface area (Å²) in [4.78, 5) is 24.5. The van der Waals surface area contributed by atoms with Crippen molar-refractivity contribution >= 4 is 11.6 Å². The molecule has 3 fully saturated rings. The molecular weight excluding hydrogens is 344 g/mol. The lowest BCUT2D eigenvalue weighted by atomic mass is 9.44. The van der Waals surface area contributed by atoms with Crippen molar-refractivity contribution < 1.29 is 24.9 Å². The summed E-state index contributed by atoms with van der Waals surface area (Å²) in [6.45, 7) is 5.66. The summed E-state index contributed by atoms with van der Waals surface area (Å²) in [5.74, 6) is 0.536. The molecule has 0 aliphatic heterocycles. The molecule has 0 saturated heterocycles. The predicted octanol–water partition coefficient (Wildman–Crippen LogP) is 2.03. The summed E-state index contributed by atoms with van der Waals surface area (Å²) in [5, 5.41) is 31.6. The van der Waals surface area contributed by atoms with Gasteiger partial charge in [0, 0.05) is 17.3 Å². The topological polar surface area (TPSA) is 94.8 Å². The Morgan fingerprint density at radius 1 is 1.22 bits per heavy atom. The minimum atomic E-state index is -1.45. The van der Waals surface area contributed by atoms with Crippen molar-refractivity contribution in [3.8, 4) is 0 Å². The Bertz CT molecular complexity index is 713. The van der Waals surface area contributed by atoms with E-state index in [1.165, 1.54) is 0 Å². The van der Waals surface area contributed by atoms with E-state index < -0.39 is 34.9 Å². The Morgan fingerprint density at radius 3 is 2.56 bits per heavy atom. The predicted molar refractivity (Wildman–Crippen MR) is 99.7 cm³/mol. The van der Waals surface area contributed by atoms with Gasteiger partial charge in [-0.2, -0.15) is 0 Å². The highest BCUT2D eigenvalue weighted by molar-refractivity contribution is 5.92. The van der Waals surface area contributed by atoms with Crippen LogP contribution in [-0.2, 0) is 9.59 Å². The molecule has 4 aliphatic rings. The first-order valence-corrected chi connectivity index (χ1v) is 10.4. The van der Waals surface area contributed by atoms with Crippen LogP contribution < -0.4 is 0 Å². The second kappa shape index (κ2) is 5.98. The van der Waals surface area contributed by atoms with Crippen LogP contribution in [0.2, 0.25) is 0 Å². The zero-order chi connectivity index (χ0) is 19.8. The van der Waals surface area contributed by atoms with Gasteiger partial charge in [-0.05, 0) is 61.9 Å². The van der Waals surface area contributed by atoms with E-state index >= 15 is 0 Å². The molecule has 0 aromatic heterocycles. The molecule has 1 unspecified atom stereocenters. The zero-order valence-corrected chi connectivity index (χ0v) is 16.6. The lowest BCUT2D eigenvalue weighted by Crippen LogP contribution is -2.60. The Hall–Kier alpha value is -1.04. The van der Waals surface area contributed by atoms with E-state index in [2.05, 4.69) is 13.8 Å². The quantitative estimate of drug-likeness (QED) is 0.685. The largest absolute Gasteiger partial charge is 0.392 e. The van der Waals surface area contributed by atoms with Gasteiger partial charge in [0.15, 0.2) is 11.6 Å². The van der Waals surface area contributed by atoms with Crippen molar-refractivity contribution in [3.05, 3.63) is 11.6 Å². The molecule has 4 aliphatic carbocycles. The van der Waals surface area contributed by atoms with Crippen LogP contribution in [0.1, 0.15) is 59.3 Å².